The van der Waals surface area contributed by atoms with Crippen LogP contribution in [-0.2, 0) is 17.8 Å². The van der Waals surface area contributed by atoms with Crippen LogP contribution in [0.15, 0.2) is 72.8 Å². The van der Waals surface area contributed by atoms with Crippen molar-refractivity contribution in [2.24, 2.45) is 5.73 Å². The van der Waals surface area contributed by atoms with Crippen LogP contribution in [-0.4, -0.2) is 44.0 Å². The van der Waals surface area contributed by atoms with E-state index in [1.54, 1.807) is 19.1 Å². The smallest absolute Gasteiger partial charge is 0.251 e. The summed E-state index contributed by atoms with van der Waals surface area (Å²) in [6.45, 7) is 1.04. The molecule has 0 bridgehead atoms. The molecule has 0 aliphatic heterocycles. The number of nitrogens with two attached hydrogens (primary N) is 1. The van der Waals surface area contributed by atoms with Crippen molar-refractivity contribution in [2.45, 2.75) is 13.0 Å². The van der Waals surface area contributed by atoms with Crippen molar-refractivity contribution in [1.82, 2.24) is 10.2 Å². The van der Waals surface area contributed by atoms with Gasteiger partial charge < -0.3 is 20.7 Å². The third-order valence-corrected chi connectivity index (χ3v) is 5.26. The average molecular weight is 432 g/mol. The van der Waals surface area contributed by atoms with Crippen molar-refractivity contribution in [3.05, 3.63) is 89.5 Å². The lowest BCUT2D eigenvalue weighted by Gasteiger charge is -2.16. The zero-order valence-electron chi connectivity index (χ0n) is 18.5. The fourth-order valence-electron chi connectivity index (χ4n) is 3.43. The van der Waals surface area contributed by atoms with Gasteiger partial charge in [0.2, 0.25) is 5.91 Å². The van der Waals surface area contributed by atoms with Crippen LogP contribution in [0.4, 0.5) is 0 Å². The Bertz CT molecular complexity index is 1060. The number of hydrogen-bond donors (Lipinski definition) is 2. The highest BCUT2D eigenvalue weighted by Gasteiger charge is 2.09. The predicted molar refractivity (Wildman–Crippen MR) is 126 cm³/mol. The zero-order chi connectivity index (χ0) is 22.9. The summed E-state index contributed by atoms with van der Waals surface area (Å²) in [6, 6.07) is 23.4. The molecule has 2 amide bonds. The zero-order valence-corrected chi connectivity index (χ0v) is 18.5. The van der Waals surface area contributed by atoms with Crippen LogP contribution in [0.2, 0.25) is 0 Å². The summed E-state index contributed by atoms with van der Waals surface area (Å²) in [6.07, 6.45) is 0.731. The number of rotatable bonds is 9. The van der Waals surface area contributed by atoms with Crippen molar-refractivity contribution in [3.63, 3.8) is 0 Å². The molecule has 3 aromatic carbocycles. The molecule has 3 aromatic rings. The molecule has 0 radical (unpaired) electrons. The molecule has 6 nitrogen and oxygen atoms in total. The van der Waals surface area contributed by atoms with E-state index in [0.29, 0.717) is 18.7 Å². The Balaban J connectivity index is 1.59. The molecule has 0 spiro atoms. The van der Waals surface area contributed by atoms with Crippen LogP contribution < -0.4 is 15.8 Å². The number of methoxy groups -OCH3 is 1. The number of nitrogens with zero attached hydrogens (tertiary/aromatic N) is 1. The first-order valence-corrected chi connectivity index (χ1v) is 10.5. The number of benzene rings is 3. The molecule has 6 heteroatoms. The standard InChI is InChI=1S/C26H29N3O3/c1-29(25(30)17-27)18-20-6-3-7-23(15-20)21-9-11-22(12-10-21)26(31)28-14-13-19-5-4-8-24(16-19)32-2/h3-12,15-16H,13-14,17-18,27H2,1-2H3,(H,28,31). The Morgan fingerprint density at radius 1 is 0.938 bits per heavy atom. The van der Waals surface area contributed by atoms with Gasteiger partial charge in [0, 0.05) is 25.7 Å². The first-order chi connectivity index (χ1) is 15.5. The van der Waals surface area contributed by atoms with Crippen LogP contribution in [0.25, 0.3) is 11.1 Å². The number of carbonyl (C=O) groups excluding carboxylic acids is 2. The van der Waals surface area contributed by atoms with Crippen molar-refractivity contribution in [1.29, 1.82) is 0 Å². The van der Waals surface area contributed by atoms with Gasteiger partial charge >= 0.3 is 0 Å². The quantitative estimate of drug-likeness (QED) is 0.545. The summed E-state index contributed by atoms with van der Waals surface area (Å²) < 4.78 is 5.23. The second-order valence-corrected chi connectivity index (χ2v) is 7.59. The maximum Gasteiger partial charge on any atom is 0.251 e. The molecular weight excluding hydrogens is 402 g/mol. The van der Waals surface area contributed by atoms with Gasteiger partial charge in [0.25, 0.3) is 5.91 Å². The van der Waals surface area contributed by atoms with Gasteiger partial charge in [0.15, 0.2) is 0 Å². The number of amides is 2. The van der Waals surface area contributed by atoms with Gasteiger partial charge in [-0.05, 0) is 59.0 Å². The van der Waals surface area contributed by atoms with E-state index in [1.165, 1.54) is 0 Å². The summed E-state index contributed by atoms with van der Waals surface area (Å²) in [7, 11) is 3.38. The molecule has 0 saturated carbocycles. The van der Waals surface area contributed by atoms with Gasteiger partial charge in [-0.3, -0.25) is 9.59 Å². The first-order valence-electron chi connectivity index (χ1n) is 10.5. The first kappa shape index (κ1) is 23.0. The average Bonchev–Trinajstić information content (AvgIpc) is 2.83. The molecule has 0 saturated heterocycles. The summed E-state index contributed by atoms with van der Waals surface area (Å²) in [4.78, 5) is 25.8. The molecule has 0 fully saturated rings. The Morgan fingerprint density at radius 3 is 2.38 bits per heavy atom. The topological polar surface area (TPSA) is 84.7 Å². The van der Waals surface area contributed by atoms with E-state index in [2.05, 4.69) is 5.32 Å². The molecule has 166 valence electrons. The number of ether oxygens (including phenoxy) is 1. The number of hydrogen-bond acceptors (Lipinski definition) is 4. The lowest BCUT2D eigenvalue weighted by Crippen LogP contribution is -2.32. The number of nitrogens with one attached hydrogen (secondary N) is 1. The van der Waals surface area contributed by atoms with E-state index in [-0.39, 0.29) is 18.4 Å². The molecule has 32 heavy (non-hydrogen) atoms. The molecule has 0 unspecified atom stereocenters. The van der Waals surface area contributed by atoms with Crippen molar-refractivity contribution in [2.75, 3.05) is 27.2 Å². The monoisotopic (exact) mass is 431 g/mol. The molecule has 0 aliphatic carbocycles. The summed E-state index contributed by atoms with van der Waals surface area (Å²) in [5.41, 5.74) is 10.2. The maximum absolute atomic E-state index is 12.5. The van der Waals surface area contributed by atoms with Gasteiger partial charge in [-0.2, -0.15) is 0 Å². The fraction of sp³-hybridized carbons (Fsp3) is 0.231. The summed E-state index contributed by atoms with van der Waals surface area (Å²) in [5, 5.41) is 2.96. The van der Waals surface area contributed by atoms with E-state index in [4.69, 9.17) is 10.5 Å². The summed E-state index contributed by atoms with van der Waals surface area (Å²) in [5.74, 6) is 0.610. The third-order valence-electron chi connectivity index (χ3n) is 5.26. The van der Waals surface area contributed by atoms with Crippen LogP contribution in [0.1, 0.15) is 21.5 Å². The Kier molecular flexibility index (Phi) is 8.00. The lowest BCUT2D eigenvalue weighted by molar-refractivity contribution is -0.128. The Hall–Kier alpha value is -3.64. The molecule has 0 aromatic heterocycles. The van der Waals surface area contributed by atoms with Crippen molar-refractivity contribution in [3.8, 4) is 16.9 Å². The highest BCUT2D eigenvalue weighted by molar-refractivity contribution is 5.94. The third kappa shape index (κ3) is 6.18. The van der Waals surface area contributed by atoms with Gasteiger partial charge in [-0.25, -0.2) is 0 Å². The minimum Gasteiger partial charge on any atom is -0.497 e. The highest BCUT2D eigenvalue weighted by atomic mass is 16.5. The van der Waals surface area contributed by atoms with E-state index < -0.39 is 0 Å². The molecule has 3 rings (SSSR count). The van der Waals surface area contributed by atoms with Crippen LogP contribution in [0, 0.1) is 0 Å². The highest BCUT2D eigenvalue weighted by Crippen LogP contribution is 2.22. The summed E-state index contributed by atoms with van der Waals surface area (Å²) >= 11 is 0. The lowest BCUT2D eigenvalue weighted by atomic mass is 10.0. The number of likely N-dealkylation sites (N-methyl/N-ethyl adjacent to an activating group) is 1. The molecule has 0 atom stereocenters. The van der Waals surface area contributed by atoms with Crippen LogP contribution in [0.5, 0.6) is 5.75 Å². The maximum atomic E-state index is 12.5. The van der Waals surface area contributed by atoms with Crippen LogP contribution >= 0.6 is 0 Å². The SMILES string of the molecule is COc1cccc(CCNC(=O)c2ccc(-c3cccc(CN(C)C(=O)CN)c3)cc2)c1. The van der Waals surface area contributed by atoms with E-state index in [0.717, 1.165) is 34.4 Å². The van der Waals surface area contributed by atoms with Crippen molar-refractivity contribution >= 4 is 11.8 Å². The molecule has 0 heterocycles. The largest absolute Gasteiger partial charge is 0.497 e. The van der Waals surface area contributed by atoms with E-state index in [9.17, 15) is 9.59 Å². The van der Waals surface area contributed by atoms with Gasteiger partial charge in [0.05, 0.1) is 13.7 Å². The van der Waals surface area contributed by atoms with Gasteiger partial charge in [0.1, 0.15) is 5.75 Å². The van der Waals surface area contributed by atoms with Crippen LogP contribution in [0.3, 0.4) is 0 Å². The normalized spacial score (nSPS) is 10.5. The van der Waals surface area contributed by atoms with Gasteiger partial charge in [-0.1, -0.05) is 42.5 Å². The second-order valence-electron chi connectivity index (χ2n) is 7.59. The van der Waals surface area contributed by atoms with E-state index in [1.807, 2.05) is 72.8 Å². The molecule has 3 N–H and O–H groups in total. The second kappa shape index (κ2) is 11.1. The predicted octanol–water partition coefficient (Wildman–Crippen LogP) is 3.25. The van der Waals surface area contributed by atoms with E-state index >= 15 is 0 Å². The van der Waals surface area contributed by atoms with Gasteiger partial charge in [-0.15, -0.1) is 0 Å². The minimum atomic E-state index is -0.102. The molecule has 0 aliphatic rings. The number of carbonyl (C=O) groups is 2. The Morgan fingerprint density at radius 2 is 1.66 bits per heavy atom. The van der Waals surface area contributed by atoms with Crippen molar-refractivity contribution < 1.29 is 14.3 Å². The minimum absolute atomic E-state index is 0.000736. The fourth-order valence-corrected chi connectivity index (χ4v) is 3.43. The molecular formula is C26H29N3O3. The Labute approximate surface area is 189 Å².